The molecule has 0 amide bonds. The molecule has 2 rings (SSSR count). The SMILES string of the molecule is CC(C)N1CCN(S(=O)(=O)c2cc(Cl)c(Br)s2)CC1. The number of nitrogens with zero attached hydrogens (tertiary/aromatic N) is 2. The van der Waals surface area contributed by atoms with Gasteiger partial charge in [-0.15, -0.1) is 11.3 Å². The van der Waals surface area contributed by atoms with Gasteiger partial charge in [-0.1, -0.05) is 11.6 Å². The van der Waals surface area contributed by atoms with Gasteiger partial charge in [0.15, 0.2) is 0 Å². The molecule has 19 heavy (non-hydrogen) atoms. The summed E-state index contributed by atoms with van der Waals surface area (Å²) in [6.45, 7) is 6.87. The summed E-state index contributed by atoms with van der Waals surface area (Å²) < 4.78 is 27.4. The van der Waals surface area contributed by atoms with Gasteiger partial charge in [-0.3, -0.25) is 4.90 Å². The van der Waals surface area contributed by atoms with E-state index in [1.165, 1.54) is 6.07 Å². The molecule has 108 valence electrons. The van der Waals surface area contributed by atoms with Crippen molar-refractivity contribution < 1.29 is 8.42 Å². The molecule has 0 atom stereocenters. The summed E-state index contributed by atoms with van der Waals surface area (Å²) in [5.41, 5.74) is 0. The molecule has 0 aromatic carbocycles. The van der Waals surface area contributed by atoms with E-state index in [0.29, 0.717) is 32.1 Å². The number of rotatable bonds is 3. The lowest BCUT2D eigenvalue weighted by molar-refractivity contribution is 0.154. The van der Waals surface area contributed by atoms with Crippen molar-refractivity contribution >= 4 is 48.9 Å². The summed E-state index contributed by atoms with van der Waals surface area (Å²) in [5.74, 6) is 0. The highest BCUT2D eigenvalue weighted by Crippen LogP contribution is 2.36. The van der Waals surface area contributed by atoms with Crippen LogP contribution in [0.25, 0.3) is 0 Å². The van der Waals surface area contributed by atoms with Gasteiger partial charge in [0.05, 0.1) is 8.81 Å². The number of thiophene rings is 1. The van der Waals surface area contributed by atoms with Gasteiger partial charge in [-0.05, 0) is 35.8 Å². The highest BCUT2D eigenvalue weighted by Gasteiger charge is 2.30. The molecule has 1 aliphatic rings. The number of hydrogen-bond acceptors (Lipinski definition) is 4. The molecular weight excluding hydrogens is 372 g/mol. The zero-order chi connectivity index (χ0) is 14.2. The van der Waals surface area contributed by atoms with E-state index in [1.807, 2.05) is 0 Å². The fourth-order valence-electron chi connectivity index (χ4n) is 2.04. The molecule has 1 saturated heterocycles. The van der Waals surface area contributed by atoms with Gasteiger partial charge in [-0.25, -0.2) is 8.42 Å². The normalized spacial score (nSPS) is 19.2. The van der Waals surface area contributed by atoms with Crippen molar-refractivity contribution in [1.29, 1.82) is 0 Å². The zero-order valence-electron chi connectivity index (χ0n) is 10.8. The monoisotopic (exact) mass is 386 g/mol. The number of piperazine rings is 1. The Morgan fingerprint density at radius 1 is 1.32 bits per heavy atom. The van der Waals surface area contributed by atoms with Crippen LogP contribution in [0.2, 0.25) is 5.02 Å². The minimum absolute atomic E-state index is 0.308. The summed E-state index contributed by atoms with van der Waals surface area (Å²) >= 11 is 10.3. The van der Waals surface area contributed by atoms with Crippen LogP contribution in [-0.4, -0.2) is 49.8 Å². The van der Waals surface area contributed by atoms with Crippen LogP contribution in [0.5, 0.6) is 0 Å². The summed E-state index contributed by atoms with van der Waals surface area (Å²) in [7, 11) is -3.40. The zero-order valence-corrected chi connectivity index (χ0v) is 14.7. The molecule has 0 bridgehead atoms. The van der Waals surface area contributed by atoms with E-state index >= 15 is 0 Å². The van der Waals surface area contributed by atoms with Crippen LogP contribution in [0.4, 0.5) is 0 Å². The summed E-state index contributed by atoms with van der Waals surface area (Å²) in [6.07, 6.45) is 0. The number of hydrogen-bond donors (Lipinski definition) is 0. The molecule has 0 saturated carbocycles. The lowest BCUT2D eigenvalue weighted by atomic mass is 10.3. The molecule has 4 nitrogen and oxygen atoms in total. The van der Waals surface area contributed by atoms with Crippen molar-refractivity contribution in [2.75, 3.05) is 26.2 Å². The van der Waals surface area contributed by atoms with Crippen LogP contribution in [0.15, 0.2) is 14.1 Å². The van der Waals surface area contributed by atoms with Crippen LogP contribution in [0.1, 0.15) is 13.8 Å². The van der Waals surface area contributed by atoms with Crippen LogP contribution in [-0.2, 0) is 10.0 Å². The smallest absolute Gasteiger partial charge is 0.252 e. The van der Waals surface area contributed by atoms with Crippen LogP contribution in [0.3, 0.4) is 0 Å². The molecule has 0 unspecified atom stereocenters. The van der Waals surface area contributed by atoms with Gasteiger partial charge in [0, 0.05) is 32.2 Å². The van der Waals surface area contributed by atoms with E-state index in [-0.39, 0.29) is 0 Å². The van der Waals surface area contributed by atoms with Crippen LogP contribution >= 0.6 is 38.9 Å². The Morgan fingerprint density at radius 3 is 2.32 bits per heavy atom. The molecule has 1 aromatic heterocycles. The molecule has 0 N–H and O–H groups in total. The maximum Gasteiger partial charge on any atom is 0.252 e. The summed E-state index contributed by atoms with van der Waals surface area (Å²) in [6, 6.07) is 1.97. The summed E-state index contributed by atoms with van der Waals surface area (Å²) in [4.78, 5) is 2.28. The van der Waals surface area contributed by atoms with Crippen molar-refractivity contribution in [2.24, 2.45) is 0 Å². The van der Waals surface area contributed by atoms with Gasteiger partial charge in [0.1, 0.15) is 4.21 Å². The largest absolute Gasteiger partial charge is 0.298 e. The molecule has 0 radical (unpaired) electrons. The van der Waals surface area contributed by atoms with Crippen molar-refractivity contribution in [1.82, 2.24) is 9.21 Å². The van der Waals surface area contributed by atoms with Gasteiger partial charge in [0.25, 0.3) is 10.0 Å². The lowest BCUT2D eigenvalue weighted by Crippen LogP contribution is -2.50. The minimum Gasteiger partial charge on any atom is -0.298 e. The maximum absolute atomic E-state index is 12.5. The number of sulfonamides is 1. The molecule has 2 heterocycles. The third-order valence-electron chi connectivity index (χ3n) is 3.22. The van der Waals surface area contributed by atoms with Crippen molar-refractivity contribution in [2.45, 2.75) is 24.1 Å². The standard InChI is InChI=1S/C11H16BrClN2O2S2/c1-8(2)14-3-5-15(6-4-14)19(16,17)10-7-9(13)11(12)18-10/h7-8H,3-6H2,1-2H3. The molecule has 1 aliphatic heterocycles. The first-order valence-corrected chi connectivity index (χ1v) is 9.44. The van der Waals surface area contributed by atoms with Gasteiger partial charge >= 0.3 is 0 Å². The Labute approximate surface area is 131 Å². The third-order valence-corrected chi connectivity index (χ3v) is 8.04. The summed E-state index contributed by atoms with van der Waals surface area (Å²) in [5, 5.41) is 0.449. The second-order valence-corrected chi connectivity index (χ2v) is 9.66. The Hall–Kier alpha value is 0.340. The highest BCUT2D eigenvalue weighted by molar-refractivity contribution is 9.11. The average Bonchev–Trinajstić information content (AvgIpc) is 2.70. The molecule has 1 aromatic rings. The van der Waals surface area contributed by atoms with Gasteiger partial charge in [0.2, 0.25) is 0 Å². The second-order valence-electron chi connectivity index (χ2n) is 4.72. The van der Waals surface area contributed by atoms with E-state index in [2.05, 4.69) is 34.7 Å². The number of halogens is 2. The fraction of sp³-hybridized carbons (Fsp3) is 0.636. The molecule has 0 aliphatic carbocycles. The van der Waals surface area contributed by atoms with E-state index in [4.69, 9.17) is 11.6 Å². The fourth-order valence-corrected chi connectivity index (χ4v) is 6.02. The lowest BCUT2D eigenvalue weighted by Gasteiger charge is -2.35. The van der Waals surface area contributed by atoms with Crippen molar-refractivity contribution in [3.63, 3.8) is 0 Å². The van der Waals surface area contributed by atoms with Gasteiger partial charge < -0.3 is 0 Å². The Bertz CT molecular complexity index is 532. The van der Waals surface area contributed by atoms with E-state index < -0.39 is 10.0 Å². The first kappa shape index (κ1) is 15.7. The predicted octanol–water partition coefficient (Wildman–Crippen LogP) is 2.88. The van der Waals surface area contributed by atoms with Gasteiger partial charge in [-0.2, -0.15) is 4.31 Å². The first-order valence-electron chi connectivity index (χ1n) is 6.01. The molecule has 1 fully saturated rings. The highest BCUT2D eigenvalue weighted by atomic mass is 79.9. The van der Waals surface area contributed by atoms with E-state index in [1.54, 1.807) is 4.31 Å². The Balaban J connectivity index is 2.14. The maximum atomic E-state index is 12.5. The van der Waals surface area contributed by atoms with Crippen LogP contribution < -0.4 is 0 Å². The van der Waals surface area contributed by atoms with Crippen LogP contribution in [0, 0.1) is 0 Å². The van der Waals surface area contributed by atoms with Crippen molar-refractivity contribution in [3.8, 4) is 0 Å². The first-order chi connectivity index (χ1) is 8.82. The third kappa shape index (κ3) is 3.33. The molecule has 0 spiro atoms. The van der Waals surface area contributed by atoms with E-state index in [0.717, 1.165) is 24.4 Å². The topological polar surface area (TPSA) is 40.6 Å². The van der Waals surface area contributed by atoms with Crippen molar-refractivity contribution in [3.05, 3.63) is 14.9 Å². The predicted molar refractivity (Wildman–Crippen MR) is 82.5 cm³/mol. The molecule has 8 heteroatoms. The average molecular weight is 388 g/mol. The Morgan fingerprint density at radius 2 is 1.89 bits per heavy atom. The minimum atomic E-state index is -3.40. The van der Waals surface area contributed by atoms with E-state index in [9.17, 15) is 8.42 Å². The Kier molecular flexibility index (Phi) is 4.96. The molecular formula is C11H16BrClN2O2S2. The quantitative estimate of drug-likeness (QED) is 0.801. The second kappa shape index (κ2) is 5.99.